The zero-order valence-electron chi connectivity index (χ0n) is 46.7. The van der Waals surface area contributed by atoms with Crippen molar-refractivity contribution in [2.75, 3.05) is 13.2 Å². The first-order valence-electron chi connectivity index (χ1n) is 29.5. The molecule has 0 aliphatic heterocycles. The van der Waals surface area contributed by atoms with Crippen LogP contribution in [0.5, 0.6) is 0 Å². The van der Waals surface area contributed by atoms with Crippen LogP contribution in [0, 0.1) is 0 Å². The lowest BCUT2D eigenvalue weighted by Crippen LogP contribution is -2.30. The average Bonchev–Trinajstić information content (AvgIpc) is 3.38. The lowest BCUT2D eigenvalue weighted by Gasteiger charge is -2.18. The summed E-state index contributed by atoms with van der Waals surface area (Å²) in [5.74, 6) is -0.947. The van der Waals surface area contributed by atoms with Crippen LogP contribution in [-0.2, 0) is 28.6 Å². The molecule has 1 atom stereocenters. The number of hydrogen-bond donors (Lipinski definition) is 0. The highest BCUT2D eigenvalue weighted by Crippen LogP contribution is 2.15. The third-order valence-corrected chi connectivity index (χ3v) is 12.2. The van der Waals surface area contributed by atoms with Gasteiger partial charge in [0.2, 0.25) is 0 Å². The van der Waals surface area contributed by atoms with Gasteiger partial charge < -0.3 is 14.2 Å². The third-order valence-electron chi connectivity index (χ3n) is 12.2. The van der Waals surface area contributed by atoms with Crippen LogP contribution in [0.2, 0.25) is 0 Å². The van der Waals surface area contributed by atoms with Gasteiger partial charge in [-0.3, -0.25) is 14.4 Å². The molecule has 6 heteroatoms. The maximum absolute atomic E-state index is 12.8. The number of allylic oxidation sites excluding steroid dienone is 20. The van der Waals surface area contributed by atoms with E-state index < -0.39 is 6.10 Å². The van der Waals surface area contributed by atoms with Crippen molar-refractivity contribution in [3.8, 4) is 0 Å². The molecule has 0 spiro atoms. The Balaban J connectivity index is 4.21. The molecule has 0 saturated heterocycles. The largest absolute Gasteiger partial charge is 0.462 e. The van der Waals surface area contributed by atoms with Crippen LogP contribution in [-0.4, -0.2) is 37.2 Å². The molecule has 1 unspecified atom stereocenters. The number of hydrogen-bond acceptors (Lipinski definition) is 6. The fourth-order valence-corrected chi connectivity index (χ4v) is 7.82. The summed E-state index contributed by atoms with van der Waals surface area (Å²) in [6.07, 6.45) is 82.3. The minimum atomic E-state index is -0.792. The Morgan fingerprint density at radius 2 is 0.542 bits per heavy atom. The zero-order valence-corrected chi connectivity index (χ0v) is 46.7. The van der Waals surface area contributed by atoms with Crippen molar-refractivity contribution in [3.05, 3.63) is 122 Å². The van der Waals surface area contributed by atoms with Crippen molar-refractivity contribution >= 4 is 17.9 Å². The van der Waals surface area contributed by atoms with Crippen LogP contribution in [0.3, 0.4) is 0 Å². The van der Waals surface area contributed by atoms with Crippen molar-refractivity contribution in [1.29, 1.82) is 0 Å². The van der Waals surface area contributed by atoms with Gasteiger partial charge in [-0.05, 0) is 96.3 Å². The number of carbonyl (C=O) groups is 3. The second kappa shape index (κ2) is 59.4. The average molecular weight is 998 g/mol. The molecule has 0 rings (SSSR count). The van der Waals surface area contributed by atoms with Gasteiger partial charge in [0, 0.05) is 19.3 Å². The standard InChI is InChI=1S/C66H108O6/c1-4-7-10-13-16-18-20-22-24-25-26-27-28-29-30-31-32-33-34-35-36-37-38-39-40-41-43-44-46-48-50-53-56-59-65(68)71-62-63(61-70-64(67)58-55-52-15-12-9-6-3)72-66(69)60-57-54-51-49-47-45-42-23-21-19-17-14-11-8-5-2/h7,10,16,18,22,24,26-27,29-30,32-33,35-36,38-39,41,43,46,48,63H,4-6,8-9,11-15,17,19-21,23,25,28,31,34,37,40,42,44-45,47,49-62H2,1-3H3/b10-7-,18-16-,24-22-,27-26-,30-29-,33-32-,36-35-,39-38-,43-41-,48-46-. The van der Waals surface area contributed by atoms with Crippen LogP contribution < -0.4 is 0 Å². The van der Waals surface area contributed by atoms with Crippen molar-refractivity contribution in [2.24, 2.45) is 0 Å². The smallest absolute Gasteiger partial charge is 0.306 e. The molecule has 0 amide bonds. The molecule has 0 N–H and O–H groups in total. The second-order valence-corrected chi connectivity index (χ2v) is 19.2. The molecule has 0 radical (unpaired) electrons. The Labute approximate surface area is 443 Å². The SMILES string of the molecule is CC/C=C\C/C=C\C/C=C\C/C=C\C/C=C\C/C=C\C/C=C\C/C=C\C/C=C\C/C=C\CCCCC(=O)OCC(COC(=O)CCCCCCCC)OC(=O)CCCCCCCCCCCCCCCCC. The van der Waals surface area contributed by atoms with Gasteiger partial charge >= 0.3 is 17.9 Å². The van der Waals surface area contributed by atoms with E-state index in [1.54, 1.807) is 0 Å². The molecule has 0 heterocycles. The monoisotopic (exact) mass is 997 g/mol. The summed E-state index contributed by atoms with van der Waals surface area (Å²) in [5.41, 5.74) is 0. The van der Waals surface area contributed by atoms with Crippen molar-refractivity contribution < 1.29 is 28.6 Å². The van der Waals surface area contributed by atoms with E-state index in [2.05, 4.69) is 142 Å². The first kappa shape index (κ1) is 67.8. The number of carbonyl (C=O) groups excluding carboxylic acids is 3. The highest BCUT2D eigenvalue weighted by molar-refractivity contribution is 5.71. The van der Waals surface area contributed by atoms with Crippen LogP contribution in [0.25, 0.3) is 0 Å². The maximum atomic E-state index is 12.8. The third kappa shape index (κ3) is 56.7. The Hall–Kier alpha value is -4.19. The first-order valence-corrected chi connectivity index (χ1v) is 29.5. The minimum absolute atomic E-state index is 0.0915. The predicted molar refractivity (Wildman–Crippen MR) is 311 cm³/mol. The zero-order chi connectivity index (χ0) is 52.2. The number of rotatable bonds is 52. The fraction of sp³-hybridized carbons (Fsp3) is 0.652. The van der Waals surface area contributed by atoms with Crippen molar-refractivity contribution in [2.45, 2.75) is 264 Å². The Bertz CT molecular complexity index is 1520. The Morgan fingerprint density at radius 3 is 0.847 bits per heavy atom. The van der Waals surface area contributed by atoms with E-state index in [4.69, 9.17) is 14.2 Å². The van der Waals surface area contributed by atoms with E-state index in [0.29, 0.717) is 19.3 Å². The van der Waals surface area contributed by atoms with Gasteiger partial charge in [0.05, 0.1) is 0 Å². The van der Waals surface area contributed by atoms with Crippen LogP contribution in [0.15, 0.2) is 122 Å². The summed E-state index contributed by atoms with van der Waals surface area (Å²) in [5, 5.41) is 0. The fourth-order valence-electron chi connectivity index (χ4n) is 7.82. The van der Waals surface area contributed by atoms with Gasteiger partial charge in [-0.25, -0.2) is 0 Å². The normalized spacial score (nSPS) is 13.0. The summed E-state index contributed by atoms with van der Waals surface area (Å²) in [4.78, 5) is 37.8. The summed E-state index contributed by atoms with van der Waals surface area (Å²) < 4.78 is 16.7. The van der Waals surface area contributed by atoms with E-state index in [0.717, 1.165) is 122 Å². The minimum Gasteiger partial charge on any atom is -0.462 e. The highest BCUT2D eigenvalue weighted by Gasteiger charge is 2.19. The van der Waals surface area contributed by atoms with E-state index in [9.17, 15) is 14.4 Å². The molecule has 408 valence electrons. The summed E-state index contributed by atoms with van der Waals surface area (Å²) in [7, 11) is 0. The van der Waals surface area contributed by atoms with Crippen LogP contribution >= 0.6 is 0 Å². The van der Waals surface area contributed by atoms with Gasteiger partial charge in [-0.2, -0.15) is 0 Å². The van der Waals surface area contributed by atoms with E-state index >= 15 is 0 Å². The van der Waals surface area contributed by atoms with Crippen LogP contribution in [0.4, 0.5) is 0 Å². The quantitative estimate of drug-likeness (QED) is 0.0261. The van der Waals surface area contributed by atoms with Crippen molar-refractivity contribution in [3.63, 3.8) is 0 Å². The molecule has 0 saturated carbocycles. The van der Waals surface area contributed by atoms with Gasteiger partial charge in [-0.1, -0.05) is 264 Å². The topological polar surface area (TPSA) is 78.9 Å². The molecule has 72 heavy (non-hydrogen) atoms. The first-order chi connectivity index (χ1) is 35.5. The number of ether oxygens (including phenoxy) is 3. The second-order valence-electron chi connectivity index (χ2n) is 19.2. The summed E-state index contributed by atoms with van der Waals surface area (Å²) >= 11 is 0. The molecule has 6 nitrogen and oxygen atoms in total. The van der Waals surface area contributed by atoms with E-state index in [1.165, 1.54) is 96.3 Å². The van der Waals surface area contributed by atoms with Gasteiger partial charge in [-0.15, -0.1) is 0 Å². The van der Waals surface area contributed by atoms with Gasteiger partial charge in [0.1, 0.15) is 13.2 Å². The number of esters is 3. The molecule has 0 fully saturated rings. The Morgan fingerprint density at radius 1 is 0.292 bits per heavy atom. The predicted octanol–water partition coefficient (Wildman–Crippen LogP) is 20.0. The molecule has 0 bridgehead atoms. The molecule has 0 aromatic heterocycles. The lowest BCUT2D eigenvalue weighted by molar-refractivity contribution is -0.167. The summed E-state index contributed by atoms with van der Waals surface area (Å²) in [6.45, 7) is 6.43. The van der Waals surface area contributed by atoms with Gasteiger partial charge in [0.15, 0.2) is 6.10 Å². The maximum Gasteiger partial charge on any atom is 0.306 e. The molecular weight excluding hydrogens is 889 g/mol. The van der Waals surface area contributed by atoms with Crippen LogP contribution in [0.1, 0.15) is 258 Å². The molecular formula is C66H108O6. The van der Waals surface area contributed by atoms with Gasteiger partial charge in [0.25, 0.3) is 0 Å². The molecule has 0 aromatic rings. The van der Waals surface area contributed by atoms with Crippen molar-refractivity contribution in [1.82, 2.24) is 0 Å². The molecule has 0 aliphatic rings. The van der Waals surface area contributed by atoms with E-state index in [-0.39, 0.29) is 31.1 Å². The summed E-state index contributed by atoms with van der Waals surface area (Å²) in [6, 6.07) is 0. The number of unbranched alkanes of at least 4 members (excludes halogenated alkanes) is 21. The van der Waals surface area contributed by atoms with E-state index in [1.807, 2.05) is 0 Å². The molecule has 0 aliphatic carbocycles. The Kier molecular flexibility index (Phi) is 55.9. The lowest BCUT2D eigenvalue weighted by atomic mass is 10.0. The highest BCUT2D eigenvalue weighted by atomic mass is 16.6. The molecule has 0 aromatic carbocycles.